The lowest BCUT2D eigenvalue weighted by Gasteiger charge is -2.36. The SMILES string of the molecule is CC1(C)CC(=O)[C@@H]2C(CCCCl)=NN[C@@H]2C1. The molecule has 1 saturated carbocycles. The number of rotatable bonds is 3. The van der Waals surface area contributed by atoms with Crippen LogP contribution in [-0.2, 0) is 4.79 Å². The van der Waals surface area contributed by atoms with E-state index < -0.39 is 0 Å². The molecule has 0 amide bonds. The van der Waals surface area contributed by atoms with Crippen LogP contribution < -0.4 is 5.43 Å². The summed E-state index contributed by atoms with van der Waals surface area (Å²) in [6.07, 6.45) is 3.46. The van der Waals surface area contributed by atoms with E-state index in [4.69, 9.17) is 11.6 Å². The van der Waals surface area contributed by atoms with Crippen LogP contribution in [-0.4, -0.2) is 23.4 Å². The van der Waals surface area contributed by atoms with Gasteiger partial charge in [0.15, 0.2) is 0 Å². The lowest BCUT2D eigenvalue weighted by Crippen LogP contribution is -2.45. The molecule has 3 nitrogen and oxygen atoms in total. The Balaban J connectivity index is 2.06. The van der Waals surface area contributed by atoms with Crippen molar-refractivity contribution >= 4 is 23.1 Å². The van der Waals surface area contributed by atoms with Crippen molar-refractivity contribution in [2.45, 2.75) is 45.6 Å². The molecule has 0 aromatic heterocycles. The highest BCUT2D eigenvalue weighted by Gasteiger charge is 2.45. The first-order valence-corrected chi connectivity index (χ1v) is 6.47. The fraction of sp³-hybridized carbons (Fsp3) is 0.833. The zero-order valence-corrected chi connectivity index (χ0v) is 10.7. The third kappa shape index (κ3) is 2.24. The van der Waals surface area contributed by atoms with Crippen LogP contribution in [0.4, 0.5) is 0 Å². The molecule has 1 aliphatic heterocycles. The summed E-state index contributed by atoms with van der Waals surface area (Å²) in [4.78, 5) is 12.1. The van der Waals surface area contributed by atoms with E-state index in [9.17, 15) is 4.79 Å². The number of halogens is 1. The highest BCUT2D eigenvalue weighted by Crippen LogP contribution is 2.39. The minimum absolute atomic E-state index is 0.0243. The minimum atomic E-state index is 0.0243. The van der Waals surface area contributed by atoms with E-state index in [1.165, 1.54) is 0 Å². The molecule has 0 spiro atoms. The van der Waals surface area contributed by atoms with E-state index in [2.05, 4.69) is 24.4 Å². The van der Waals surface area contributed by atoms with Crippen LogP contribution >= 0.6 is 11.6 Å². The summed E-state index contributed by atoms with van der Waals surface area (Å²) in [6, 6.07) is 0.224. The first-order valence-electron chi connectivity index (χ1n) is 5.94. The van der Waals surface area contributed by atoms with Gasteiger partial charge in [0.25, 0.3) is 0 Å². The van der Waals surface area contributed by atoms with E-state index in [1.807, 2.05) is 0 Å². The predicted octanol–water partition coefficient (Wildman–Crippen LogP) is 2.34. The second kappa shape index (κ2) is 4.36. The van der Waals surface area contributed by atoms with Crippen LogP contribution in [0.3, 0.4) is 0 Å². The second-order valence-electron chi connectivity index (χ2n) is 5.62. The van der Waals surface area contributed by atoms with Gasteiger partial charge in [-0.1, -0.05) is 13.8 Å². The quantitative estimate of drug-likeness (QED) is 0.772. The molecule has 0 saturated heterocycles. The summed E-state index contributed by atoms with van der Waals surface area (Å²) < 4.78 is 0. The molecular weight excluding hydrogens is 224 g/mol. The molecular formula is C12H19ClN2O. The Morgan fingerprint density at radius 1 is 1.56 bits per heavy atom. The van der Waals surface area contributed by atoms with E-state index in [-0.39, 0.29) is 17.4 Å². The number of nitrogens with one attached hydrogen (secondary N) is 1. The number of hydrogen-bond acceptors (Lipinski definition) is 3. The molecule has 2 atom stereocenters. The Kier molecular flexibility index (Phi) is 3.24. The maximum absolute atomic E-state index is 12.1. The fourth-order valence-electron chi connectivity index (χ4n) is 2.82. The van der Waals surface area contributed by atoms with Crippen molar-refractivity contribution < 1.29 is 4.79 Å². The molecule has 90 valence electrons. The normalized spacial score (nSPS) is 31.9. The average Bonchev–Trinajstić information content (AvgIpc) is 2.56. The first-order chi connectivity index (χ1) is 7.53. The number of Topliss-reactive ketones (excluding diaryl/α,β-unsaturated/α-hetero) is 1. The van der Waals surface area contributed by atoms with Crippen molar-refractivity contribution in [2.24, 2.45) is 16.4 Å². The Labute approximate surface area is 102 Å². The second-order valence-corrected chi connectivity index (χ2v) is 6.00. The van der Waals surface area contributed by atoms with Gasteiger partial charge in [-0.15, -0.1) is 11.6 Å². The minimum Gasteiger partial charge on any atom is -0.306 e. The van der Waals surface area contributed by atoms with Crippen molar-refractivity contribution in [1.29, 1.82) is 0 Å². The third-order valence-corrected chi connectivity index (χ3v) is 3.74. The average molecular weight is 243 g/mol. The van der Waals surface area contributed by atoms with E-state index in [0.29, 0.717) is 18.1 Å². The number of ketones is 1. The van der Waals surface area contributed by atoms with Gasteiger partial charge in [0.05, 0.1) is 17.7 Å². The van der Waals surface area contributed by atoms with Gasteiger partial charge in [0.1, 0.15) is 5.78 Å². The zero-order valence-electron chi connectivity index (χ0n) is 9.92. The van der Waals surface area contributed by atoms with Gasteiger partial charge in [-0.05, 0) is 24.7 Å². The summed E-state index contributed by atoms with van der Waals surface area (Å²) in [5.74, 6) is 1.01. The van der Waals surface area contributed by atoms with Crippen LogP contribution in [0.1, 0.15) is 39.5 Å². The van der Waals surface area contributed by atoms with Gasteiger partial charge in [0.2, 0.25) is 0 Å². The molecule has 0 radical (unpaired) electrons. The maximum atomic E-state index is 12.1. The number of fused-ring (bicyclic) bond motifs is 1. The number of hydrogen-bond donors (Lipinski definition) is 1. The van der Waals surface area contributed by atoms with E-state index >= 15 is 0 Å². The number of alkyl halides is 1. The van der Waals surface area contributed by atoms with Crippen molar-refractivity contribution in [3.8, 4) is 0 Å². The highest BCUT2D eigenvalue weighted by molar-refractivity contribution is 6.18. The lowest BCUT2D eigenvalue weighted by molar-refractivity contribution is -0.126. The molecule has 0 unspecified atom stereocenters. The molecule has 0 bridgehead atoms. The molecule has 2 aliphatic rings. The van der Waals surface area contributed by atoms with Crippen LogP contribution in [0.2, 0.25) is 0 Å². The molecule has 0 aromatic carbocycles. The van der Waals surface area contributed by atoms with Crippen LogP contribution in [0.5, 0.6) is 0 Å². The van der Waals surface area contributed by atoms with Crippen molar-refractivity contribution in [1.82, 2.24) is 5.43 Å². The summed E-state index contributed by atoms with van der Waals surface area (Å²) in [7, 11) is 0. The zero-order chi connectivity index (χ0) is 11.8. The van der Waals surface area contributed by atoms with Crippen molar-refractivity contribution in [3.63, 3.8) is 0 Å². The van der Waals surface area contributed by atoms with Crippen LogP contribution in [0.15, 0.2) is 5.10 Å². The van der Waals surface area contributed by atoms with Gasteiger partial charge in [0, 0.05) is 12.3 Å². The molecule has 2 rings (SSSR count). The summed E-state index contributed by atoms with van der Waals surface area (Å²) in [5, 5.41) is 4.32. The molecule has 1 aliphatic carbocycles. The number of nitrogens with zero attached hydrogens (tertiary/aromatic N) is 1. The van der Waals surface area contributed by atoms with Crippen molar-refractivity contribution in [3.05, 3.63) is 0 Å². The Morgan fingerprint density at radius 2 is 2.31 bits per heavy atom. The smallest absolute Gasteiger partial charge is 0.144 e. The van der Waals surface area contributed by atoms with E-state index in [0.717, 1.165) is 25.0 Å². The summed E-state index contributed by atoms with van der Waals surface area (Å²) in [5.41, 5.74) is 4.26. The Morgan fingerprint density at radius 3 is 3.00 bits per heavy atom. The molecule has 16 heavy (non-hydrogen) atoms. The molecule has 1 heterocycles. The Hall–Kier alpha value is -0.570. The standard InChI is InChI=1S/C12H19ClN2O/c1-12(2)6-9-11(10(16)7-12)8(14-15-9)4-3-5-13/h9,11,15H,3-7H2,1-2H3/t9-,11-/m1/s1. The van der Waals surface area contributed by atoms with Gasteiger partial charge < -0.3 is 5.43 Å². The molecule has 0 aromatic rings. The highest BCUT2D eigenvalue weighted by atomic mass is 35.5. The third-order valence-electron chi connectivity index (χ3n) is 3.47. The lowest BCUT2D eigenvalue weighted by atomic mass is 9.68. The number of hydrazone groups is 1. The largest absolute Gasteiger partial charge is 0.306 e. The maximum Gasteiger partial charge on any atom is 0.144 e. The number of carbonyl (C=O) groups excluding carboxylic acids is 1. The topological polar surface area (TPSA) is 41.5 Å². The fourth-order valence-corrected chi connectivity index (χ4v) is 2.96. The number of carbonyl (C=O) groups is 1. The first kappa shape index (κ1) is 11.9. The predicted molar refractivity (Wildman–Crippen MR) is 65.8 cm³/mol. The molecule has 1 N–H and O–H groups in total. The van der Waals surface area contributed by atoms with Crippen molar-refractivity contribution in [2.75, 3.05) is 5.88 Å². The molecule has 1 fully saturated rings. The molecule has 4 heteroatoms. The van der Waals surface area contributed by atoms with Gasteiger partial charge in [-0.3, -0.25) is 4.79 Å². The Bertz CT molecular complexity index is 325. The van der Waals surface area contributed by atoms with Crippen LogP contribution in [0, 0.1) is 11.3 Å². The monoisotopic (exact) mass is 242 g/mol. The summed E-state index contributed by atoms with van der Waals surface area (Å²) in [6.45, 7) is 4.30. The van der Waals surface area contributed by atoms with E-state index in [1.54, 1.807) is 0 Å². The summed E-state index contributed by atoms with van der Waals surface area (Å²) >= 11 is 5.68. The van der Waals surface area contributed by atoms with Gasteiger partial charge in [-0.2, -0.15) is 5.10 Å². The van der Waals surface area contributed by atoms with Gasteiger partial charge in [-0.25, -0.2) is 0 Å². The van der Waals surface area contributed by atoms with Crippen LogP contribution in [0.25, 0.3) is 0 Å². The van der Waals surface area contributed by atoms with Gasteiger partial charge >= 0.3 is 0 Å².